The number of epoxide rings is 2. The van der Waals surface area contributed by atoms with Crippen LogP contribution in [0.3, 0.4) is 0 Å². The van der Waals surface area contributed by atoms with Crippen molar-refractivity contribution >= 4 is 11.5 Å². The molecule has 1 saturated carbocycles. The highest BCUT2D eigenvalue weighted by molar-refractivity contribution is 6.07. The molecule has 1 aromatic rings. The summed E-state index contributed by atoms with van der Waals surface area (Å²) in [4.78, 5) is 19.3. The Bertz CT molecular complexity index is 1260. The van der Waals surface area contributed by atoms with Crippen LogP contribution in [0.15, 0.2) is 58.5 Å². The molecule has 36 heavy (non-hydrogen) atoms. The standard InChI is InChI=1S/C27H27NO8/c1-10-14-15-16(20(31)23-22(35-23)19(15)30)26(34-10)27-13(9-32-11(2)17(14)27)18(29)21-24(36-21)25(27)28-33-8-12-6-4-3-5-7-12/h3-7,9-11,14,17-18,20-24,26,29,31H,8H2,1-2H3/t10?,11?,14-,17?,18+,20+,21?,22+,23-,24+,26+,27+/m1/s1. The van der Waals surface area contributed by atoms with Gasteiger partial charge in [-0.2, -0.15) is 0 Å². The van der Waals surface area contributed by atoms with E-state index in [2.05, 4.69) is 5.16 Å². The zero-order valence-corrected chi connectivity index (χ0v) is 19.8. The molecule has 1 aromatic carbocycles. The van der Waals surface area contributed by atoms with Gasteiger partial charge in [-0.25, -0.2) is 0 Å². The Hall–Kier alpha value is -2.56. The van der Waals surface area contributed by atoms with E-state index in [-0.39, 0.29) is 36.4 Å². The molecule has 2 bridgehead atoms. The number of hydrogen-bond donors (Lipinski definition) is 2. The second-order valence-electron chi connectivity index (χ2n) is 11.0. The lowest BCUT2D eigenvalue weighted by molar-refractivity contribution is -0.187. The first-order valence-electron chi connectivity index (χ1n) is 12.7. The lowest BCUT2D eigenvalue weighted by atomic mass is 9.45. The van der Waals surface area contributed by atoms with Crippen LogP contribution < -0.4 is 0 Å². The van der Waals surface area contributed by atoms with Crippen molar-refractivity contribution in [1.29, 1.82) is 0 Å². The van der Waals surface area contributed by atoms with Gasteiger partial charge >= 0.3 is 0 Å². The van der Waals surface area contributed by atoms with E-state index in [0.717, 1.165) is 5.56 Å². The molecule has 0 radical (unpaired) electrons. The van der Waals surface area contributed by atoms with Crippen LogP contribution in [0, 0.1) is 17.3 Å². The van der Waals surface area contributed by atoms with Crippen LogP contribution >= 0.6 is 0 Å². The number of carbonyl (C=O) groups is 1. The Balaban J connectivity index is 1.31. The second kappa shape index (κ2) is 7.05. The lowest BCUT2D eigenvalue weighted by Gasteiger charge is -2.64. The van der Waals surface area contributed by atoms with Crippen LogP contribution in [0.5, 0.6) is 0 Å². The van der Waals surface area contributed by atoms with E-state index in [1.165, 1.54) is 0 Å². The Labute approximate surface area is 207 Å². The highest BCUT2D eigenvalue weighted by Gasteiger charge is 2.78. The molecule has 9 nitrogen and oxygen atoms in total. The maximum absolute atomic E-state index is 13.4. The molecule has 9 heteroatoms. The summed E-state index contributed by atoms with van der Waals surface area (Å²) >= 11 is 0. The smallest absolute Gasteiger partial charge is 0.190 e. The van der Waals surface area contributed by atoms with Crippen molar-refractivity contribution in [2.75, 3.05) is 0 Å². The summed E-state index contributed by atoms with van der Waals surface area (Å²) in [6, 6.07) is 9.75. The minimum Gasteiger partial charge on any atom is -0.498 e. The van der Waals surface area contributed by atoms with E-state index in [9.17, 15) is 15.0 Å². The van der Waals surface area contributed by atoms with Gasteiger partial charge in [-0.1, -0.05) is 35.5 Å². The summed E-state index contributed by atoms with van der Waals surface area (Å²) in [5.74, 6) is -0.701. The molecule has 188 valence electrons. The number of oxime groups is 1. The first-order chi connectivity index (χ1) is 17.4. The predicted octanol–water partition coefficient (Wildman–Crippen LogP) is 1.03. The van der Waals surface area contributed by atoms with Crippen molar-refractivity contribution in [2.24, 2.45) is 22.4 Å². The van der Waals surface area contributed by atoms with Crippen LogP contribution in [0.2, 0.25) is 0 Å². The number of carbonyl (C=O) groups excluding carboxylic acids is 1. The molecule has 12 atom stereocenters. The summed E-state index contributed by atoms with van der Waals surface area (Å²) in [7, 11) is 0. The maximum atomic E-state index is 13.4. The quantitative estimate of drug-likeness (QED) is 0.473. The summed E-state index contributed by atoms with van der Waals surface area (Å²) in [5.41, 5.74) is 2.41. The first kappa shape index (κ1) is 21.5. The molecule has 8 aliphatic rings. The molecule has 3 aliphatic carbocycles. The van der Waals surface area contributed by atoms with E-state index in [1.54, 1.807) is 6.26 Å². The van der Waals surface area contributed by atoms with Crippen LogP contribution in [-0.4, -0.2) is 76.6 Å². The average molecular weight is 494 g/mol. The molecule has 4 unspecified atom stereocenters. The van der Waals surface area contributed by atoms with Gasteiger partial charge < -0.3 is 34.0 Å². The molecular formula is C27H27NO8. The van der Waals surface area contributed by atoms with Gasteiger partial charge in [-0.15, -0.1) is 0 Å². The average Bonchev–Trinajstić information content (AvgIpc) is 3.79. The lowest BCUT2D eigenvalue weighted by Crippen LogP contribution is -2.72. The maximum Gasteiger partial charge on any atom is 0.190 e. The topological polar surface area (TPSA) is 123 Å². The Morgan fingerprint density at radius 2 is 1.75 bits per heavy atom. The van der Waals surface area contributed by atoms with Crippen LogP contribution in [-0.2, 0) is 35.2 Å². The van der Waals surface area contributed by atoms with E-state index < -0.39 is 48.1 Å². The van der Waals surface area contributed by atoms with Crippen molar-refractivity contribution in [3.63, 3.8) is 0 Å². The van der Waals surface area contributed by atoms with Crippen LogP contribution in [0.4, 0.5) is 0 Å². The normalized spacial score (nSPS) is 50.2. The molecule has 3 saturated heterocycles. The highest BCUT2D eigenvalue weighted by atomic mass is 16.6. The van der Waals surface area contributed by atoms with Gasteiger partial charge in [-0.3, -0.25) is 4.79 Å². The third-order valence-electron chi connectivity index (χ3n) is 9.27. The van der Waals surface area contributed by atoms with Gasteiger partial charge in [0, 0.05) is 23.0 Å². The number of aliphatic hydroxyl groups excluding tert-OH is 2. The summed E-state index contributed by atoms with van der Waals surface area (Å²) < 4.78 is 24.2. The molecule has 5 heterocycles. The number of nitrogens with zero attached hydrogens (tertiary/aromatic N) is 1. The SMILES string of the molecule is CC1OC=C2[C@H](O)C3O[C@@H]3C(=NOCc3ccccc3)[C@@]23C1[C@H]1C2=C([C@H](O)[C@H]4O[C@H]4C2=O)[C@@H]3OC1C. The van der Waals surface area contributed by atoms with E-state index in [1.807, 2.05) is 44.2 Å². The summed E-state index contributed by atoms with van der Waals surface area (Å²) in [6.07, 6.45) is -3.61. The van der Waals surface area contributed by atoms with Gasteiger partial charge in [0.05, 0.1) is 30.0 Å². The number of Topliss-reactive ketones (excluding diaryl/α,β-unsaturated/α-hetero) is 1. The Morgan fingerprint density at radius 1 is 1.00 bits per heavy atom. The number of hydrogen-bond acceptors (Lipinski definition) is 9. The van der Waals surface area contributed by atoms with Crippen molar-refractivity contribution < 1.29 is 38.8 Å². The van der Waals surface area contributed by atoms with Crippen molar-refractivity contribution in [3.8, 4) is 0 Å². The molecule has 1 spiro atoms. The van der Waals surface area contributed by atoms with E-state index in [4.69, 9.17) is 23.8 Å². The molecule has 5 aliphatic heterocycles. The number of ether oxygens (including phenoxy) is 4. The van der Waals surface area contributed by atoms with Crippen LogP contribution in [0.1, 0.15) is 19.4 Å². The number of ketones is 1. The molecule has 0 amide bonds. The molecule has 9 rings (SSSR count). The minimum absolute atomic E-state index is 0.0701. The van der Waals surface area contributed by atoms with E-state index in [0.29, 0.717) is 22.4 Å². The van der Waals surface area contributed by atoms with Crippen LogP contribution in [0.25, 0.3) is 0 Å². The molecular weight excluding hydrogens is 466 g/mol. The highest BCUT2D eigenvalue weighted by Crippen LogP contribution is 2.68. The molecule has 0 aromatic heterocycles. The van der Waals surface area contributed by atoms with Gasteiger partial charge in [0.1, 0.15) is 48.9 Å². The largest absolute Gasteiger partial charge is 0.498 e. The van der Waals surface area contributed by atoms with Gasteiger partial charge in [0.25, 0.3) is 0 Å². The second-order valence-corrected chi connectivity index (χ2v) is 11.0. The first-order valence-corrected chi connectivity index (χ1v) is 12.7. The summed E-state index contributed by atoms with van der Waals surface area (Å²) in [5, 5.41) is 27.3. The van der Waals surface area contributed by atoms with Crippen molar-refractivity contribution in [1.82, 2.24) is 0 Å². The van der Waals surface area contributed by atoms with Crippen molar-refractivity contribution in [3.05, 3.63) is 58.9 Å². The number of aliphatic hydroxyl groups is 2. The third-order valence-corrected chi connectivity index (χ3v) is 9.27. The predicted molar refractivity (Wildman–Crippen MR) is 122 cm³/mol. The zero-order valence-electron chi connectivity index (χ0n) is 19.8. The third kappa shape index (κ3) is 2.48. The van der Waals surface area contributed by atoms with E-state index >= 15 is 0 Å². The zero-order chi connectivity index (χ0) is 24.5. The fourth-order valence-electron chi connectivity index (χ4n) is 7.76. The summed E-state index contributed by atoms with van der Waals surface area (Å²) in [6.45, 7) is 4.20. The monoisotopic (exact) mass is 493 g/mol. The fraction of sp³-hybridized carbons (Fsp3) is 0.556. The van der Waals surface area contributed by atoms with Gasteiger partial charge in [0.15, 0.2) is 5.78 Å². The number of fused-ring (bicyclic) bond motifs is 3. The molecule has 4 fully saturated rings. The number of rotatable bonds is 3. The number of benzene rings is 1. The molecule has 2 N–H and O–H groups in total. The minimum atomic E-state index is -0.968. The Morgan fingerprint density at radius 3 is 2.56 bits per heavy atom. The Kier molecular flexibility index (Phi) is 4.21. The fourth-order valence-corrected chi connectivity index (χ4v) is 7.76. The van der Waals surface area contributed by atoms with Gasteiger partial charge in [0.2, 0.25) is 0 Å². The van der Waals surface area contributed by atoms with Gasteiger partial charge in [-0.05, 0) is 25.0 Å². The van der Waals surface area contributed by atoms with Crippen molar-refractivity contribution in [2.45, 2.75) is 75.4 Å².